The highest BCUT2D eigenvalue weighted by atomic mass is 17.2. The molecule has 1 N–H and O–H groups in total. The predicted octanol–water partition coefficient (Wildman–Crippen LogP) is 1.58. The molecule has 0 spiro atoms. The highest BCUT2D eigenvalue weighted by molar-refractivity contribution is 4.74. The van der Waals surface area contributed by atoms with Gasteiger partial charge in [0.15, 0.2) is 12.2 Å². The van der Waals surface area contributed by atoms with Crippen LogP contribution in [0.5, 0.6) is 0 Å². The maximum Gasteiger partial charge on any atom is 0.199 e. The summed E-state index contributed by atoms with van der Waals surface area (Å²) in [6.45, 7) is 4.79. The Morgan fingerprint density at radius 1 is 1.50 bits per heavy atom. The van der Waals surface area contributed by atoms with Crippen LogP contribution in [0.4, 0.5) is 0 Å². The van der Waals surface area contributed by atoms with Gasteiger partial charge in [-0.3, -0.25) is 0 Å². The first-order chi connectivity index (χ1) is 3.63. The van der Waals surface area contributed by atoms with E-state index in [9.17, 15) is 0 Å². The van der Waals surface area contributed by atoms with Gasteiger partial charge in [-0.25, -0.2) is 4.52 Å². The average molecular weight is 117 g/mol. The molecule has 0 radical (unpaired) electrons. The van der Waals surface area contributed by atoms with Crippen molar-refractivity contribution in [3.63, 3.8) is 0 Å². The third-order valence-corrected chi connectivity index (χ3v) is 1.75. The van der Waals surface area contributed by atoms with Gasteiger partial charge < -0.3 is 0 Å². The molecule has 2 heteroatoms. The lowest BCUT2D eigenvalue weighted by Gasteiger charge is -2.16. The lowest BCUT2D eigenvalue weighted by Crippen LogP contribution is -2.27. The molecule has 1 aliphatic rings. The minimum absolute atomic E-state index is 0.0417. The standard InChI is InChI=1S/C6H13O2/c1-6(2)4-3-5-8(6)7/h7H,3-5H2,1-2H3/q+1. The van der Waals surface area contributed by atoms with E-state index in [-0.39, 0.29) is 5.60 Å². The lowest BCUT2D eigenvalue weighted by molar-refractivity contribution is -0.467. The number of hydrogen-bond acceptors (Lipinski definition) is 1. The SMILES string of the molecule is CC1(C)CCC[O+]1O. The summed E-state index contributed by atoms with van der Waals surface area (Å²) in [5.41, 5.74) is -0.0417. The molecular formula is C6H13O2+. The molecule has 0 aliphatic carbocycles. The molecule has 1 heterocycles. The monoisotopic (exact) mass is 117 g/mol. The van der Waals surface area contributed by atoms with E-state index in [0.29, 0.717) is 0 Å². The summed E-state index contributed by atoms with van der Waals surface area (Å²) in [5.74, 6) is 0. The maximum absolute atomic E-state index is 9.01. The van der Waals surface area contributed by atoms with Gasteiger partial charge in [0, 0.05) is 26.7 Å². The van der Waals surface area contributed by atoms with Crippen LogP contribution < -0.4 is 0 Å². The van der Waals surface area contributed by atoms with Crippen LogP contribution in [0, 0.1) is 0 Å². The molecule has 8 heavy (non-hydrogen) atoms. The topological polar surface area (TPSA) is 22.9 Å². The van der Waals surface area contributed by atoms with E-state index in [2.05, 4.69) is 4.52 Å². The molecule has 0 aromatic heterocycles. The summed E-state index contributed by atoms with van der Waals surface area (Å²) in [6.07, 6.45) is 2.17. The minimum atomic E-state index is -0.0417. The van der Waals surface area contributed by atoms with Gasteiger partial charge in [-0.05, 0) is 0 Å². The van der Waals surface area contributed by atoms with Gasteiger partial charge in [-0.15, -0.1) is 5.26 Å². The molecule has 0 aromatic rings. The Labute approximate surface area is 49.7 Å². The Morgan fingerprint density at radius 3 is 2.25 bits per heavy atom. The van der Waals surface area contributed by atoms with Gasteiger partial charge in [0.05, 0.1) is 0 Å². The van der Waals surface area contributed by atoms with E-state index in [1.54, 1.807) is 0 Å². The second-order valence-electron chi connectivity index (χ2n) is 2.93. The highest BCUT2D eigenvalue weighted by Crippen LogP contribution is 2.29. The molecule has 0 bridgehead atoms. The predicted molar refractivity (Wildman–Crippen MR) is 31.9 cm³/mol. The van der Waals surface area contributed by atoms with Crippen molar-refractivity contribution >= 4 is 0 Å². The Balaban J connectivity index is 2.54. The summed E-state index contributed by atoms with van der Waals surface area (Å²) < 4.78 is 2.16. The second-order valence-corrected chi connectivity index (χ2v) is 2.93. The molecule has 0 aromatic carbocycles. The Kier molecular flexibility index (Phi) is 1.29. The van der Waals surface area contributed by atoms with Gasteiger partial charge in [0.2, 0.25) is 0 Å². The second kappa shape index (κ2) is 1.71. The van der Waals surface area contributed by atoms with Crippen molar-refractivity contribution in [3.05, 3.63) is 0 Å². The fourth-order valence-corrected chi connectivity index (χ4v) is 1.03. The Morgan fingerprint density at radius 2 is 2.12 bits per heavy atom. The molecule has 1 aliphatic heterocycles. The summed E-state index contributed by atoms with van der Waals surface area (Å²) in [5, 5.41) is 9.01. The van der Waals surface area contributed by atoms with Crippen LogP contribution in [0.3, 0.4) is 0 Å². The van der Waals surface area contributed by atoms with Crippen LogP contribution in [0.2, 0.25) is 0 Å². The summed E-state index contributed by atoms with van der Waals surface area (Å²) >= 11 is 0. The molecule has 0 atom stereocenters. The van der Waals surface area contributed by atoms with Gasteiger partial charge >= 0.3 is 0 Å². The Hall–Kier alpha value is -0.0800. The van der Waals surface area contributed by atoms with Crippen molar-refractivity contribution in [2.24, 2.45) is 0 Å². The fraction of sp³-hybridized carbons (Fsp3) is 1.00. The summed E-state index contributed by atoms with van der Waals surface area (Å²) in [6, 6.07) is 0. The maximum atomic E-state index is 9.01. The van der Waals surface area contributed by atoms with E-state index in [1.807, 2.05) is 13.8 Å². The first-order valence-electron chi connectivity index (χ1n) is 3.03. The molecular weight excluding hydrogens is 104 g/mol. The van der Waals surface area contributed by atoms with Crippen LogP contribution in [0.15, 0.2) is 0 Å². The first-order valence-corrected chi connectivity index (χ1v) is 3.03. The first kappa shape index (κ1) is 6.05. The van der Waals surface area contributed by atoms with Gasteiger partial charge in [0.1, 0.15) is 0 Å². The van der Waals surface area contributed by atoms with Crippen molar-refractivity contribution in [1.82, 2.24) is 0 Å². The summed E-state index contributed by atoms with van der Waals surface area (Å²) in [7, 11) is 0. The van der Waals surface area contributed by atoms with Crippen molar-refractivity contribution in [2.75, 3.05) is 6.61 Å². The zero-order valence-electron chi connectivity index (χ0n) is 5.48. The minimum Gasteiger partial charge on any atom is -0.238 e. The third kappa shape index (κ3) is 0.858. The zero-order chi connectivity index (χ0) is 6.20. The van der Waals surface area contributed by atoms with Crippen molar-refractivity contribution in [1.29, 1.82) is 0 Å². The van der Waals surface area contributed by atoms with Crippen molar-refractivity contribution in [3.8, 4) is 0 Å². The molecule has 0 saturated carbocycles. The van der Waals surface area contributed by atoms with Crippen LogP contribution in [0.25, 0.3) is 0 Å². The summed E-state index contributed by atoms with van der Waals surface area (Å²) in [4.78, 5) is 0. The quantitative estimate of drug-likeness (QED) is 0.378. The lowest BCUT2D eigenvalue weighted by atomic mass is 10.1. The van der Waals surface area contributed by atoms with Gasteiger partial charge in [-0.1, -0.05) is 0 Å². The van der Waals surface area contributed by atoms with E-state index in [1.165, 1.54) is 0 Å². The van der Waals surface area contributed by atoms with Crippen LogP contribution in [-0.4, -0.2) is 17.5 Å². The van der Waals surface area contributed by atoms with Gasteiger partial charge in [0.25, 0.3) is 0 Å². The molecule has 48 valence electrons. The smallest absolute Gasteiger partial charge is 0.199 e. The number of rotatable bonds is 0. The van der Waals surface area contributed by atoms with Crippen molar-refractivity contribution in [2.45, 2.75) is 32.3 Å². The Bertz CT molecular complexity index is 88.5. The largest absolute Gasteiger partial charge is 0.238 e. The molecule has 2 nitrogen and oxygen atoms in total. The van der Waals surface area contributed by atoms with E-state index in [4.69, 9.17) is 5.26 Å². The molecule has 0 amide bonds. The van der Waals surface area contributed by atoms with Crippen molar-refractivity contribution < 1.29 is 9.78 Å². The highest BCUT2D eigenvalue weighted by Gasteiger charge is 2.39. The molecule has 0 unspecified atom stereocenters. The van der Waals surface area contributed by atoms with E-state index < -0.39 is 0 Å². The fourth-order valence-electron chi connectivity index (χ4n) is 1.03. The molecule has 1 fully saturated rings. The van der Waals surface area contributed by atoms with Crippen LogP contribution >= 0.6 is 0 Å². The molecule has 1 saturated heterocycles. The van der Waals surface area contributed by atoms with Crippen LogP contribution in [0.1, 0.15) is 26.7 Å². The third-order valence-electron chi connectivity index (χ3n) is 1.75. The van der Waals surface area contributed by atoms with E-state index in [0.717, 1.165) is 19.4 Å². The average Bonchev–Trinajstić information content (AvgIpc) is 1.86. The number of hydrogen-bond donors (Lipinski definition) is 1. The van der Waals surface area contributed by atoms with Crippen LogP contribution in [-0.2, 0) is 4.52 Å². The van der Waals surface area contributed by atoms with E-state index >= 15 is 0 Å². The molecule has 1 rings (SSSR count). The van der Waals surface area contributed by atoms with Gasteiger partial charge in [-0.2, -0.15) is 0 Å². The zero-order valence-corrected chi connectivity index (χ0v) is 5.48. The normalized spacial score (nSPS) is 28.9.